The minimum absolute atomic E-state index is 0.0673. The minimum Gasteiger partial charge on any atom is -0.506 e. The van der Waals surface area contributed by atoms with Crippen molar-refractivity contribution in [2.75, 3.05) is 32.8 Å². The summed E-state index contributed by atoms with van der Waals surface area (Å²) in [6.07, 6.45) is 0.660. The number of rotatable bonds is 17. The van der Waals surface area contributed by atoms with Crippen LogP contribution < -0.4 is 20.9 Å². The van der Waals surface area contributed by atoms with Gasteiger partial charge in [0.2, 0.25) is 11.2 Å². The lowest BCUT2D eigenvalue weighted by atomic mass is 9.86. The number of carbonyl (C=O) groups excluding carboxylic acids is 2. The summed E-state index contributed by atoms with van der Waals surface area (Å²) in [5, 5.41) is 39.8. The van der Waals surface area contributed by atoms with Crippen LogP contribution in [-0.4, -0.2) is 76.0 Å². The molecule has 12 heteroatoms. The summed E-state index contributed by atoms with van der Waals surface area (Å²) in [6.45, 7) is 3.73. The number of likely N-dealkylation sites (tertiary alicyclic amines) is 1. The molecule has 5 aromatic carbocycles. The third kappa shape index (κ3) is 10.3. The molecule has 0 radical (unpaired) electrons. The molecule has 2 heterocycles. The molecule has 0 bridgehead atoms. The Balaban J connectivity index is 0.866. The van der Waals surface area contributed by atoms with E-state index in [1.165, 1.54) is 17.7 Å². The molecule has 1 fully saturated rings. The summed E-state index contributed by atoms with van der Waals surface area (Å²) in [6, 6.07) is 39.1. The number of benzene rings is 5. The zero-order chi connectivity index (χ0) is 41.9. The number of aliphatic hydroxyl groups excluding tert-OH is 1. The lowest BCUT2D eigenvalue weighted by Gasteiger charge is -2.34. The van der Waals surface area contributed by atoms with E-state index in [0.717, 1.165) is 25.2 Å². The monoisotopic (exact) mass is 810 g/mol. The van der Waals surface area contributed by atoms with E-state index >= 15 is 0 Å². The van der Waals surface area contributed by atoms with Crippen LogP contribution in [0.1, 0.15) is 63.5 Å². The van der Waals surface area contributed by atoms with Gasteiger partial charge in [-0.3, -0.25) is 14.5 Å². The number of hydrogen-bond donors (Lipinski definition) is 6. The summed E-state index contributed by atoms with van der Waals surface area (Å²) < 4.78 is 12.0. The van der Waals surface area contributed by atoms with E-state index in [4.69, 9.17) is 9.47 Å². The van der Waals surface area contributed by atoms with Crippen molar-refractivity contribution in [3.8, 4) is 11.5 Å². The van der Waals surface area contributed by atoms with E-state index in [1.54, 1.807) is 72.8 Å². The number of esters is 1. The Labute approximate surface area is 348 Å². The zero-order valence-electron chi connectivity index (χ0n) is 33.3. The first-order chi connectivity index (χ1) is 29.2. The fourth-order valence-corrected chi connectivity index (χ4v) is 7.51. The van der Waals surface area contributed by atoms with E-state index in [1.807, 2.05) is 36.4 Å². The molecule has 1 aromatic heterocycles. The van der Waals surface area contributed by atoms with Gasteiger partial charge in [0.1, 0.15) is 17.6 Å². The first kappa shape index (κ1) is 41.8. The van der Waals surface area contributed by atoms with Crippen molar-refractivity contribution in [2.24, 2.45) is 0 Å². The number of nitrogens with one attached hydrogen (secondary N) is 3. The highest BCUT2D eigenvalue weighted by atomic mass is 16.6. The van der Waals surface area contributed by atoms with Gasteiger partial charge < -0.3 is 40.4 Å². The molecular formula is C48H50N4O8. The van der Waals surface area contributed by atoms with Gasteiger partial charge in [-0.1, -0.05) is 91.0 Å². The number of fused-ring (bicyclic) bond motifs is 1. The van der Waals surface area contributed by atoms with Crippen LogP contribution in [0.2, 0.25) is 0 Å². The van der Waals surface area contributed by atoms with Crippen molar-refractivity contribution in [2.45, 2.75) is 50.2 Å². The van der Waals surface area contributed by atoms with Crippen LogP contribution in [0.4, 0.5) is 0 Å². The quantitative estimate of drug-likeness (QED) is 0.0496. The number of hydrogen-bond acceptors (Lipinski definition) is 10. The highest BCUT2D eigenvalue weighted by Gasteiger charge is 2.43. The Bertz CT molecular complexity index is 2420. The Hall–Kier alpha value is -6.31. The molecule has 0 aliphatic carbocycles. The fraction of sp³-hybridized carbons (Fsp3) is 0.271. The van der Waals surface area contributed by atoms with Gasteiger partial charge in [-0.15, -0.1) is 0 Å². The Morgan fingerprint density at radius 2 is 1.55 bits per heavy atom. The van der Waals surface area contributed by atoms with Crippen molar-refractivity contribution < 1.29 is 34.4 Å². The first-order valence-corrected chi connectivity index (χ1v) is 20.3. The summed E-state index contributed by atoms with van der Waals surface area (Å²) in [5.74, 6) is -0.544. The lowest BCUT2D eigenvalue weighted by Crippen LogP contribution is -2.43. The molecule has 0 spiro atoms. The minimum atomic E-state index is -2.05. The molecule has 6 N–H and O–H groups in total. The van der Waals surface area contributed by atoms with E-state index in [9.17, 15) is 29.7 Å². The maximum absolute atomic E-state index is 13.9. The van der Waals surface area contributed by atoms with Gasteiger partial charge in [0.05, 0.1) is 18.2 Å². The highest BCUT2D eigenvalue weighted by molar-refractivity contribution is 5.94. The number of aromatic amines is 1. The van der Waals surface area contributed by atoms with Crippen LogP contribution in [0, 0.1) is 0 Å². The third-order valence-corrected chi connectivity index (χ3v) is 10.8. The zero-order valence-corrected chi connectivity index (χ0v) is 33.3. The normalized spacial score (nSPS) is 14.9. The van der Waals surface area contributed by atoms with Crippen molar-refractivity contribution in [3.05, 3.63) is 177 Å². The molecular weight excluding hydrogens is 761 g/mol. The number of aliphatic hydroxyl groups is 2. The van der Waals surface area contributed by atoms with Gasteiger partial charge in [0.25, 0.3) is 5.91 Å². The molecule has 1 saturated heterocycles. The van der Waals surface area contributed by atoms with Crippen LogP contribution >= 0.6 is 0 Å². The largest absolute Gasteiger partial charge is 0.506 e. The number of ether oxygens (including phenoxy) is 2. The van der Waals surface area contributed by atoms with Crippen LogP contribution in [0.5, 0.6) is 11.5 Å². The summed E-state index contributed by atoms with van der Waals surface area (Å²) >= 11 is 0. The molecule has 0 saturated carbocycles. The number of phenols is 1. The van der Waals surface area contributed by atoms with E-state index < -0.39 is 17.7 Å². The average Bonchev–Trinajstić information content (AvgIpc) is 3.27. The fourth-order valence-electron chi connectivity index (χ4n) is 7.51. The molecule has 1 aliphatic heterocycles. The average molecular weight is 811 g/mol. The van der Waals surface area contributed by atoms with Crippen LogP contribution in [0.3, 0.4) is 0 Å². The Morgan fingerprint density at radius 1 is 0.833 bits per heavy atom. The van der Waals surface area contributed by atoms with Gasteiger partial charge in [-0.05, 0) is 77.9 Å². The number of phenolic OH excluding ortho intramolecular Hbond substituents is 1. The number of H-pyrrole nitrogens is 1. The number of pyridine rings is 1. The number of carbonyl (C=O) groups is 2. The van der Waals surface area contributed by atoms with Gasteiger partial charge in [0, 0.05) is 61.8 Å². The van der Waals surface area contributed by atoms with E-state index in [0.29, 0.717) is 65.7 Å². The smallest absolute Gasteiger partial charge is 0.347 e. The highest BCUT2D eigenvalue weighted by Crippen LogP contribution is 2.34. The van der Waals surface area contributed by atoms with Gasteiger partial charge in [-0.2, -0.15) is 0 Å². The lowest BCUT2D eigenvalue weighted by molar-refractivity contribution is -0.170. The van der Waals surface area contributed by atoms with Crippen molar-refractivity contribution in [3.63, 3.8) is 0 Å². The number of aromatic hydroxyl groups is 1. The number of nitrogens with zero attached hydrogens (tertiary/aromatic N) is 1. The second-order valence-electron chi connectivity index (χ2n) is 15.1. The van der Waals surface area contributed by atoms with Crippen molar-refractivity contribution in [1.29, 1.82) is 0 Å². The first-order valence-electron chi connectivity index (χ1n) is 20.3. The number of amides is 1. The SMILES string of the molecule is O=C(NCCCOc1cccc([C@](O)(C(=O)OC2CCN(Cc3ccccc3)CC2)c2ccccc2)c1)c1ccc(CNC[C@H](O)c2ccc(O)c3[nH]c(=O)ccc23)cc1. The van der Waals surface area contributed by atoms with Gasteiger partial charge in [-0.25, -0.2) is 4.79 Å². The van der Waals surface area contributed by atoms with Gasteiger partial charge in [0.15, 0.2) is 0 Å². The topological polar surface area (TPSA) is 173 Å². The Morgan fingerprint density at radius 3 is 2.30 bits per heavy atom. The number of aromatic nitrogens is 1. The maximum Gasteiger partial charge on any atom is 0.347 e. The molecule has 2 atom stereocenters. The summed E-state index contributed by atoms with van der Waals surface area (Å²) in [5.41, 5.74) is 1.87. The standard InChI is InChI=1S/C48H50N4O8/c53-42-21-19-40(41-20-22-44(55)51-45(41)42)43(54)31-49-30-33-15-17-35(18-16-33)46(56)50-25-8-28-59-39-14-7-13-37(29-39)48(58,36-11-5-2-6-12-36)47(57)60-38-23-26-52(27-24-38)32-34-9-3-1-4-10-34/h1-7,9-22,29,38,43,49,53-54,58H,8,23-28,30-32H2,(H,50,56)(H,51,55)/t43-,48-/m0/s1. The second kappa shape index (κ2) is 19.6. The van der Waals surface area contributed by atoms with Gasteiger partial charge >= 0.3 is 5.97 Å². The number of piperidine rings is 1. The molecule has 6 aromatic rings. The summed E-state index contributed by atoms with van der Waals surface area (Å²) in [7, 11) is 0. The molecule has 1 aliphatic rings. The third-order valence-electron chi connectivity index (χ3n) is 10.8. The molecule has 12 nitrogen and oxygen atoms in total. The van der Waals surface area contributed by atoms with Crippen LogP contribution in [0.25, 0.3) is 10.9 Å². The van der Waals surface area contributed by atoms with E-state index in [2.05, 4.69) is 32.7 Å². The molecule has 1 amide bonds. The predicted molar refractivity (Wildman–Crippen MR) is 229 cm³/mol. The molecule has 60 heavy (non-hydrogen) atoms. The van der Waals surface area contributed by atoms with Crippen LogP contribution in [-0.2, 0) is 28.2 Å². The predicted octanol–water partition coefficient (Wildman–Crippen LogP) is 5.70. The van der Waals surface area contributed by atoms with Crippen LogP contribution in [0.15, 0.2) is 138 Å². The van der Waals surface area contributed by atoms with Crippen molar-refractivity contribution >= 4 is 22.8 Å². The van der Waals surface area contributed by atoms with E-state index in [-0.39, 0.29) is 42.0 Å². The van der Waals surface area contributed by atoms with Crippen molar-refractivity contribution in [1.82, 2.24) is 20.5 Å². The molecule has 7 rings (SSSR count). The Kier molecular flexibility index (Phi) is 13.7. The molecule has 0 unspecified atom stereocenters. The summed E-state index contributed by atoms with van der Waals surface area (Å²) in [4.78, 5) is 43.4. The second-order valence-corrected chi connectivity index (χ2v) is 15.1. The maximum atomic E-state index is 13.9. The molecule has 310 valence electrons.